The van der Waals surface area contributed by atoms with Crippen LogP contribution in [0.15, 0.2) is 12.4 Å². The van der Waals surface area contributed by atoms with E-state index in [9.17, 15) is 4.79 Å². The van der Waals surface area contributed by atoms with Crippen molar-refractivity contribution in [3.8, 4) is 0 Å². The van der Waals surface area contributed by atoms with Gasteiger partial charge >= 0.3 is 0 Å². The van der Waals surface area contributed by atoms with Gasteiger partial charge in [-0.3, -0.25) is 9.48 Å². The number of amides is 1. The lowest BCUT2D eigenvalue weighted by Crippen LogP contribution is -2.47. The van der Waals surface area contributed by atoms with E-state index in [0.717, 1.165) is 38.8 Å². The first-order chi connectivity index (χ1) is 11.2. The Morgan fingerprint density at radius 3 is 2.74 bits per heavy atom. The van der Waals surface area contributed by atoms with Crippen LogP contribution < -0.4 is 0 Å². The molecule has 1 saturated carbocycles. The van der Waals surface area contributed by atoms with Crippen LogP contribution in [0.3, 0.4) is 0 Å². The fourth-order valence-electron chi connectivity index (χ4n) is 3.81. The van der Waals surface area contributed by atoms with Crippen molar-refractivity contribution >= 4 is 5.91 Å². The second-order valence-electron chi connectivity index (χ2n) is 7.05. The Labute approximate surface area is 139 Å². The minimum atomic E-state index is 0.157. The molecule has 1 aliphatic heterocycles. The summed E-state index contributed by atoms with van der Waals surface area (Å²) in [7, 11) is 0. The van der Waals surface area contributed by atoms with Crippen LogP contribution in [-0.2, 0) is 16.1 Å². The number of likely N-dealkylation sites (tertiary alicyclic amines) is 1. The Kier molecular flexibility index (Phi) is 5.70. The Morgan fingerprint density at radius 2 is 2.00 bits per heavy atom. The van der Waals surface area contributed by atoms with Gasteiger partial charge in [0, 0.05) is 12.7 Å². The largest absolute Gasteiger partial charge is 0.368 e. The van der Waals surface area contributed by atoms with Crippen LogP contribution >= 0.6 is 0 Å². The second kappa shape index (κ2) is 7.95. The number of ether oxygens (including phenoxy) is 1. The van der Waals surface area contributed by atoms with Crippen LogP contribution in [0.4, 0.5) is 0 Å². The summed E-state index contributed by atoms with van der Waals surface area (Å²) in [5.74, 6) is 0.157. The van der Waals surface area contributed by atoms with E-state index in [1.165, 1.54) is 31.2 Å². The summed E-state index contributed by atoms with van der Waals surface area (Å²) in [6.07, 6.45) is 13.6. The van der Waals surface area contributed by atoms with Crippen LogP contribution in [0, 0.1) is 6.92 Å². The molecule has 1 atom stereocenters. The zero-order valence-electron chi connectivity index (χ0n) is 14.2. The molecule has 5 heteroatoms. The number of hydrogen-bond donors (Lipinski definition) is 0. The Hall–Kier alpha value is -1.36. The minimum absolute atomic E-state index is 0.157. The molecule has 0 aromatic carbocycles. The van der Waals surface area contributed by atoms with Crippen LogP contribution in [-0.4, -0.2) is 45.9 Å². The molecule has 1 aliphatic carbocycles. The number of piperidine rings is 1. The van der Waals surface area contributed by atoms with Crippen molar-refractivity contribution in [1.82, 2.24) is 14.7 Å². The van der Waals surface area contributed by atoms with Crippen LogP contribution in [0.1, 0.15) is 56.9 Å². The fraction of sp³-hybridized carbons (Fsp3) is 0.778. The van der Waals surface area contributed by atoms with E-state index in [1.807, 2.05) is 22.7 Å². The van der Waals surface area contributed by atoms with Crippen LogP contribution in [0.5, 0.6) is 0 Å². The van der Waals surface area contributed by atoms with E-state index in [4.69, 9.17) is 4.74 Å². The molecule has 0 radical (unpaired) electrons. The SMILES string of the molecule is Cc1cnn(CC2CCCCN2C(=O)COC2CCCCC2)c1. The molecule has 128 valence electrons. The lowest BCUT2D eigenvalue weighted by molar-refractivity contribution is -0.143. The Balaban J connectivity index is 1.53. The van der Waals surface area contributed by atoms with Gasteiger partial charge in [0.25, 0.3) is 0 Å². The van der Waals surface area contributed by atoms with Gasteiger partial charge in [-0.25, -0.2) is 0 Å². The van der Waals surface area contributed by atoms with E-state index in [-0.39, 0.29) is 18.6 Å². The summed E-state index contributed by atoms with van der Waals surface area (Å²) in [5.41, 5.74) is 1.17. The number of aromatic nitrogens is 2. The predicted molar refractivity (Wildman–Crippen MR) is 89.1 cm³/mol. The maximum atomic E-state index is 12.6. The highest BCUT2D eigenvalue weighted by molar-refractivity contribution is 5.77. The van der Waals surface area contributed by atoms with Gasteiger partial charge in [-0.15, -0.1) is 0 Å². The summed E-state index contributed by atoms with van der Waals surface area (Å²) in [6.45, 7) is 3.95. The molecule has 1 aromatic rings. The van der Waals surface area contributed by atoms with Crippen molar-refractivity contribution < 1.29 is 9.53 Å². The minimum Gasteiger partial charge on any atom is -0.368 e. The van der Waals surface area contributed by atoms with Crippen molar-refractivity contribution in [1.29, 1.82) is 0 Å². The summed E-state index contributed by atoms with van der Waals surface area (Å²) in [5, 5.41) is 4.37. The zero-order chi connectivity index (χ0) is 16.1. The molecule has 2 heterocycles. The van der Waals surface area contributed by atoms with E-state index in [1.54, 1.807) is 0 Å². The second-order valence-corrected chi connectivity index (χ2v) is 7.05. The molecule has 0 N–H and O–H groups in total. The Bertz CT molecular complexity index is 508. The third-order valence-corrected chi connectivity index (χ3v) is 5.10. The van der Waals surface area contributed by atoms with Gasteiger partial charge in [0.1, 0.15) is 6.61 Å². The normalized spacial score (nSPS) is 23.2. The molecular weight excluding hydrogens is 290 g/mol. The van der Waals surface area contributed by atoms with Crippen molar-refractivity contribution in [3.05, 3.63) is 18.0 Å². The van der Waals surface area contributed by atoms with Crippen LogP contribution in [0.25, 0.3) is 0 Å². The van der Waals surface area contributed by atoms with Gasteiger partial charge in [-0.1, -0.05) is 19.3 Å². The molecular formula is C18H29N3O2. The maximum absolute atomic E-state index is 12.6. The molecule has 1 unspecified atom stereocenters. The lowest BCUT2D eigenvalue weighted by Gasteiger charge is -2.36. The van der Waals surface area contributed by atoms with Gasteiger partial charge in [0.15, 0.2) is 0 Å². The Morgan fingerprint density at radius 1 is 1.22 bits per heavy atom. The van der Waals surface area contributed by atoms with E-state index >= 15 is 0 Å². The number of nitrogens with zero attached hydrogens (tertiary/aromatic N) is 3. The fourth-order valence-corrected chi connectivity index (χ4v) is 3.81. The number of aryl methyl sites for hydroxylation is 1. The molecule has 23 heavy (non-hydrogen) atoms. The topological polar surface area (TPSA) is 47.4 Å². The molecule has 1 aromatic heterocycles. The van der Waals surface area contributed by atoms with Crippen molar-refractivity contribution in [2.45, 2.75) is 77.0 Å². The summed E-state index contributed by atoms with van der Waals surface area (Å²) < 4.78 is 7.85. The highest BCUT2D eigenvalue weighted by atomic mass is 16.5. The molecule has 3 rings (SSSR count). The molecule has 2 fully saturated rings. The van der Waals surface area contributed by atoms with Gasteiger partial charge in [0.2, 0.25) is 5.91 Å². The first-order valence-electron chi connectivity index (χ1n) is 9.12. The molecule has 0 bridgehead atoms. The number of carbonyl (C=O) groups is 1. The summed E-state index contributed by atoms with van der Waals surface area (Å²) in [6, 6.07) is 0.255. The summed E-state index contributed by atoms with van der Waals surface area (Å²) >= 11 is 0. The first-order valence-corrected chi connectivity index (χ1v) is 9.12. The standard InChI is InChI=1S/C18H29N3O2/c1-15-11-19-20(12-15)13-16-7-5-6-10-21(16)18(22)14-23-17-8-3-2-4-9-17/h11-12,16-17H,2-10,13-14H2,1H3. The number of carbonyl (C=O) groups excluding carboxylic acids is 1. The zero-order valence-corrected chi connectivity index (χ0v) is 14.2. The summed E-state index contributed by atoms with van der Waals surface area (Å²) in [4.78, 5) is 14.6. The third kappa shape index (κ3) is 4.56. The average molecular weight is 319 g/mol. The first kappa shape index (κ1) is 16.5. The molecule has 5 nitrogen and oxygen atoms in total. The van der Waals surface area contributed by atoms with E-state index < -0.39 is 0 Å². The van der Waals surface area contributed by atoms with E-state index in [2.05, 4.69) is 11.3 Å². The van der Waals surface area contributed by atoms with Crippen LogP contribution in [0.2, 0.25) is 0 Å². The predicted octanol–water partition coefficient (Wildman–Crippen LogP) is 2.92. The maximum Gasteiger partial charge on any atom is 0.248 e. The highest BCUT2D eigenvalue weighted by Gasteiger charge is 2.28. The molecule has 1 saturated heterocycles. The van der Waals surface area contributed by atoms with Gasteiger partial charge in [0.05, 0.1) is 24.9 Å². The smallest absolute Gasteiger partial charge is 0.248 e. The monoisotopic (exact) mass is 319 g/mol. The quantitative estimate of drug-likeness (QED) is 0.838. The number of hydrogen-bond acceptors (Lipinski definition) is 3. The van der Waals surface area contributed by atoms with Gasteiger partial charge in [-0.05, 0) is 44.6 Å². The van der Waals surface area contributed by atoms with Gasteiger partial charge < -0.3 is 9.64 Å². The van der Waals surface area contributed by atoms with Gasteiger partial charge in [-0.2, -0.15) is 5.10 Å². The van der Waals surface area contributed by atoms with Crippen molar-refractivity contribution in [2.75, 3.05) is 13.2 Å². The van der Waals surface area contributed by atoms with Crippen molar-refractivity contribution in [3.63, 3.8) is 0 Å². The third-order valence-electron chi connectivity index (χ3n) is 5.10. The van der Waals surface area contributed by atoms with E-state index in [0.29, 0.717) is 6.10 Å². The average Bonchev–Trinajstić information content (AvgIpc) is 2.99. The highest BCUT2D eigenvalue weighted by Crippen LogP contribution is 2.22. The van der Waals surface area contributed by atoms with Crippen molar-refractivity contribution in [2.24, 2.45) is 0 Å². The lowest BCUT2D eigenvalue weighted by atomic mass is 9.98. The number of rotatable bonds is 5. The molecule has 0 spiro atoms. The molecule has 2 aliphatic rings. The molecule has 1 amide bonds.